The van der Waals surface area contributed by atoms with Gasteiger partial charge in [0.25, 0.3) is 0 Å². The van der Waals surface area contributed by atoms with Gasteiger partial charge in [0.1, 0.15) is 17.5 Å². The lowest BCUT2D eigenvalue weighted by atomic mass is 10.00. The summed E-state index contributed by atoms with van der Waals surface area (Å²) >= 11 is 0. The standard InChI is InChI=1S/C12H22N4O/c1-5-9-14-10(13)8(3)11(15-9)16-12(4,6-2)7-17/h17H,5-7H2,1-4H3,(H3,13,14,15,16). The molecule has 1 aromatic rings. The lowest BCUT2D eigenvalue weighted by molar-refractivity contribution is 0.218. The van der Waals surface area contributed by atoms with E-state index in [1.165, 1.54) is 0 Å². The molecule has 0 aliphatic carbocycles. The molecule has 0 amide bonds. The molecule has 5 heteroatoms. The quantitative estimate of drug-likeness (QED) is 0.724. The van der Waals surface area contributed by atoms with E-state index in [-0.39, 0.29) is 12.1 Å². The summed E-state index contributed by atoms with van der Waals surface area (Å²) in [6, 6.07) is 0. The largest absolute Gasteiger partial charge is 0.394 e. The maximum Gasteiger partial charge on any atom is 0.135 e. The van der Waals surface area contributed by atoms with Crippen molar-refractivity contribution in [1.82, 2.24) is 9.97 Å². The van der Waals surface area contributed by atoms with Crippen LogP contribution in [-0.4, -0.2) is 27.2 Å². The number of aliphatic hydroxyl groups excluding tert-OH is 1. The van der Waals surface area contributed by atoms with Crippen LogP contribution in [0.15, 0.2) is 0 Å². The molecule has 0 bridgehead atoms. The average molecular weight is 238 g/mol. The van der Waals surface area contributed by atoms with Crippen molar-refractivity contribution in [3.63, 3.8) is 0 Å². The van der Waals surface area contributed by atoms with E-state index < -0.39 is 0 Å². The fourth-order valence-electron chi connectivity index (χ4n) is 1.39. The molecule has 1 unspecified atom stereocenters. The van der Waals surface area contributed by atoms with E-state index in [2.05, 4.69) is 15.3 Å². The Morgan fingerprint density at radius 2 is 2.00 bits per heavy atom. The molecule has 1 atom stereocenters. The van der Waals surface area contributed by atoms with Crippen LogP contribution in [0.3, 0.4) is 0 Å². The summed E-state index contributed by atoms with van der Waals surface area (Å²) in [4.78, 5) is 8.62. The molecule has 4 N–H and O–H groups in total. The number of hydrogen-bond donors (Lipinski definition) is 3. The summed E-state index contributed by atoms with van der Waals surface area (Å²) in [6.07, 6.45) is 1.54. The minimum atomic E-state index is -0.378. The fourth-order valence-corrected chi connectivity index (χ4v) is 1.39. The van der Waals surface area contributed by atoms with E-state index in [1.54, 1.807) is 0 Å². The monoisotopic (exact) mass is 238 g/mol. The second-order valence-electron chi connectivity index (χ2n) is 4.55. The van der Waals surface area contributed by atoms with Crippen LogP contribution in [0.2, 0.25) is 0 Å². The number of anilines is 2. The smallest absolute Gasteiger partial charge is 0.135 e. The zero-order valence-electron chi connectivity index (χ0n) is 11.0. The van der Waals surface area contributed by atoms with Crippen LogP contribution in [-0.2, 0) is 6.42 Å². The zero-order valence-corrected chi connectivity index (χ0v) is 11.0. The van der Waals surface area contributed by atoms with Crippen molar-refractivity contribution in [2.75, 3.05) is 17.7 Å². The van der Waals surface area contributed by atoms with E-state index in [9.17, 15) is 5.11 Å². The highest BCUT2D eigenvalue weighted by Crippen LogP contribution is 2.22. The van der Waals surface area contributed by atoms with Crippen LogP contribution in [0.25, 0.3) is 0 Å². The number of aliphatic hydroxyl groups is 1. The molecule has 0 aliphatic heterocycles. The van der Waals surface area contributed by atoms with E-state index >= 15 is 0 Å². The van der Waals surface area contributed by atoms with Gasteiger partial charge in [0, 0.05) is 12.0 Å². The maximum absolute atomic E-state index is 9.40. The molecule has 0 aromatic carbocycles. The SMILES string of the molecule is CCc1nc(N)c(C)c(NC(C)(CC)CO)n1. The van der Waals surface area contributed by atoms with Gasteiger partial charge in [-0.2, -0.15) is 0 Å². The first-order valence-corrected chi connectivity index (χ1v) is 5.97. The molecule has 1 heterocycles. The second kappa shape index (κ2) is 5.31. The van der Waals surface area contributed by atoms with Crippen LogP contribution >= 0.6 is 0 Å². The van der Waals surface area contributed by atoms with E-state index in [0.29, 0.717) is 17.5 Å². The highest BCUT2D eigenvalue weighted by molar-refractivity contribution is 5.55. The van der Waals surface area contributed by atoms with Crippen molar-refractivity contribution >= 4 is 11.6 Å². The van der Waals surface area contributed by atoms with Crippen molar-refractivity contribution in [3.05, 3.63) is 11.4 Å². The summed E-state index contributed by atoms with van der Waals surface area (Å²) in [6.45, 7) is 7.89. The normalized spacial score (nSPS) is 14.4. The Morgan fingerprint density at radius 1 is 1.35 bits per heavy atom. The minimum Gasteiger partial charge on any atom is -0.394 e. The van der Waals surface area contributed by atoms with Crippen molar-refractivity contribution < 1.29 is 5.11 Å². The molecule has 1 aromatic heterocycles. The predicted molar refractivity (Wildman–Crippen MR) is 70.0 cm³/mol. The summed E-state index contributed by atoms with van der Waals surface area (Å²) in [5.74, 6) is 1.93. The summed E-state index contributed by atoms with van der Waals surface area (Å²) in [7, 11) is 0. The minimum absolute atomic E-state index is 0.0499. The molecule has 0 spiro atoms. The number of rotatable bonds is 5. The molecule has 5 nitrogen and oxygen atoms in total. The number of aryl methyl sites for hydroxylation is 1. The zero-order chi connectivity index (χ0) is 13.1. The Bertz CT molecular complexity index is 388. The highest BCUT2D eigenvalue weighted by atomic mass is 16.3. The molecular weight excluding hydrogens is 216 g/mol. The van der Waals surface area contributed by atoms with Gasteiger partial charge < -0.3 is 16.2 Å². The third kappa shape index (κ3) is 3.06. The highest BCUT2D eigenvalue weighted by Gasteiger charge is 2.22. The predicted octanol–water partition coefficient (Wildman–Crippen LogP) is 1.50. The molecule has 0 fully saturated rings. The molecule has 96 valence electrons. The van der Waals surface area contributed by atoms with Gasteiger partial charge >= 0.3 is 0 Å². The van der Waals surface area contributed by atoms with E-state index in [0.717, 1.165) is 18.4 Å². The Labute approximate surface area is 102 Å². The van der Waals surface area contributed by atoms with Crippen molar-refractivity contribution in [2.24, 2.45) is 0 Å². The number of aromatic nitrogens is 2. The number of nitrogens with zero attached hydrogens (tertiary/aromatic N) is 2. The van der Waals surface area contributed by atoms with Crippen LogP contribution in [0.4, 0.5) is 11.6 Å². The number of hydrogen-bond acceptors (Lipinski definition) is 5. The number of nitrogens with one attached hydrogen (secondary N) is 1. The molecule has 1 rings (SSSR count). The second-order valence-corrected chi connectivity index (χ2v) is 4.55. The molecule has 0 radical (unpaired) electrons. The maximum atomic E-state index is 9.40. The molecule has 0 saturated heterocycles. The summed E-state index contributed by atoms with van der Waals surface area (Å²) in [5, 5.41) is 12.7. The lowest BCUT2D eigenvalue weighted by Crippen LogP contribution is -2.38. The van der Waals surface area contributed by atoms with Crippen molar-refractivity contribution in [1.29, 1.82) is 0 Å². The molecule has 17 heavy (non-hydrogen) atoms. The van der Waals surface area contributed by atoms with Crippen LogP contribution < -0.4 is 11.1 Å². The Morgan fingerprint density at radius 3 is 2.47 bits per heavy atom. The van der Waals surface area contributed by atoms with Crippen molar-refractivity contribution in [2.45, 2.75) is 46.1 Å². The summed E-state index contributed by atoms with van der Waals surface area (Å²) in [5.41, 5.74) is 6.30. The van der Waals surface area contributed by atoms with Gasteiger partial charge in [-0.25, -0.2) is 9.97 Å². The summed E-state index contributed by atoms with van der Waals surface area (Å²) < 4.78 is 0. The molecular formula is C12H22N4O. The van der Waals surface area contributed by atoms with Crippen molar-refractivity contribution in [3.8, 4) is 0 Å². The van der Waals surface area contributed by atoms with Gasteiger partial charge in [-0.3, -0.25) is 0 Å². The van der Waals surface area contributed by atoms with E-state index in [1.807, 2.05) is 27.7 Å². The molecule has 0 aliphatic rings. The first-order chi connectivity index (χ1) is 7.95. The number of nitrogens with two attached hydrogens (primary N) is 1. The third-order valence-electron chi connectivity index (χ3n) is 3.10. The first kappa shape index (κ1) is 13.7. The van der Waals surface area contributed by atoms with Crippen LogP contribution in [0.5, 0.6) is 0 Å². The van der Waals surface area contributed by atoms with Gasteiger partial charge in [-0.1, -0.05) is 13.8 Å². The van der Waals surface area contributed by atoms with Gasteiger partial charge in [0.15, 0.2) is 0 Å². The third-order valence-corrected chi connectivity index (χ3v) is 3.10. The van der Waals surface area contributed by atoms with Crippen LogP contribution in [0.1, 0.15) is 38.6 Å². The number of nitrogen functional groups attached to an aromatic ring is 1. The van der Waals surface area contributed by atoms with Gasteiger partial charge in [0.05, 0.1) is 12.1 Å². The van der Waals surface area contributed by atoms with Gasteiger partial charge in [-0.15, -0.1) is 0 Å². The Kier molecular flexibility index (Phi) is 4.28. The average Bonchev–Trinajstić information content (AvgIpc) is 2.34. The Balaban J connectivity index is 3.09. The molecule has 0 saturated carbocycles. The first-order valence-electron chi connectivity index (χ1n) is 5.97. The topological polar surface area (TPSA) is 84.1 Å². The van der Waals surface area contributed by atoms with Gasteiger partial charge in [0.2, 0.25) is 0 Å². The van der Waals surface area contributed by atoms with Gasteiger partial charge in [-0.05, 0) is 20.3 Å². The van der Waals surface area contributed by atoms with Crippen LogP contribution in [0, 0.1) is 6.92 Å². The lowest BCUT2D eigenvalue weighted by Gasteiger charge is -2.29. The van der Waals surface area contributed by atoms with E-state index in [4.69, 9.17) is 5.73 Å². The Hall–Kier alpha value is -1.36. The fraction of sp³-hybridized carbons (Fsp3) is 0.667.